The number of benzene rings is 1. The number of amides is 1. The molecule has 2 heterocycles. The number of piperidine rings is 1. The molecule has 1 aromatic carbocycles. The van der Waals surface area contributed by atoms with Gasteiger partial charge in [0.25, 0.3) is 5.91 Å². The number of halogens is 1. The second kappa shape index (κ2) is 11.1. The predicted octanol–water partition coefficient (Wildman–Crippen LogP) is 5.62. The Hall–Kier alpha value is -3.61. The Morgan fingerprint density at radius 3 is 2.56 bits per heavy atom. The normalized spacial score (nSPS) is 19.3. The maximum Gasteiger partial charge on any atom is 0.254 e. The van der Waals surface area contributed by atoms with Gasteiger partial charge in [-0.05, 0) is 43.7 Å². The quantitative estimate of drug-likeness (QED) is 0.376. The van der Waals surface area contributed by atoms with Crippen LogP contribution in [0.2, 0.25) is 0 Å². The number of carbonyl (C=O) groups is 1. The van der Waals surface area contributed by atoms with E-state index in [1.807, 2.05) is 49.9 Å². The summed E-state index contributed by atoms with van der Waals surface area (Å²) in [5, 5.41) is 4.15. The molecule has 2 unspecified atom stereocenters. The van der Waals surface area contributed by atoms with E-state index in [9.17, 15) is 9.18 Å². The number of carbonyl (C=O) groups excluding carboxylic acids is 1. The molecule has 1 aliphatic carbocycles. The third kappa shape index (κ3) is 5.35. The van der Waals surface area contributed by atoms with Crippen LogP contribution in [0.15, 0.2) is 78.8 Å². The van der Waals surface area contributed by atoms with E-state index >= 15 is 0 Å². The Morgan fingerprint density at radius 1 is 1.31 bits per heavy atom. The van der Waals surface area contributed by atoms with Gasteiger partial charge in [-0.15, -0.1) is 0 Å². The second-order valence-electron chi connectivity index (χ2n) is 6.99. The summed E-state index contributed by atoms with van der Waals surface area (Å²) in [5.41, 5.74) is 3.37. The van der Waals surface area contributed by atoms with E-state index in [1.165, 1.54) is 13.4 Å². The fourth-order valence-corrected chi connectivity index (χ4v) is 3.40. The highest BCUT2D eigenvalue weighted by atomic mass is 19.1. The molecule has 4 rings (SSSR count). The molecule has 7 heteroatoms. The maximum atomic E-state index is 12.4. The van der Waals surface area contributed by atoms with Gasteiger partial charge in [0.15, 0.2) is 0 Å². The van der Waals surface area contributed by atoms with Gasteiger partial charge in [-0.25, -0.2) is 9.97 Å². The van der Waals surface area contributed by atoms with Gasteiger partial charge in [0, 0.05) is 41.4 Å². The molecular weight excluding hydrogens is 405 g/mol. The van der Waals surface area contributed by atoms with Crippen molar-refractivity contribution in [2.24, 2.45) is 10.9 Å². The van der Waals surface area contributed by atoms with Gasteiger partial charge < -0.3 is 10.2 Å². The van der Waals surface area contributed by atoms with Crippen LogP contribution in [0.4, 0.5) is 15.9 Å². The second-order valence-corrected chi connectivity index (χ2v) is 6.99. The number of aliphatic imine (C=N–C) groups is 1. The molecule has 0 spiro atoms. The Bertz CT molecular complexity index is 1090. The highest BCUT2D eigenvalue weighted by Gasteiger charge is 2.54. The molecule has 1 saturated heterocycles. The van der Waals surface area contributed by atoms with Gasteiger partial charge in [-0.3, -0.25) is 9.79 Å². The van der Waals surface area contributed by atoms with Crippen molar-refractivity contribution in [1.82, 2.24) is 9.97 Å². The molecule has 32 heavy (non-hydrogen) atoms. The molecule has 0 bridgehead atoms. The number of hydrogen-bond donors (Lipinski definition) is 1. The molecule has 2 aliphatic rings. The zero-order valence-corrected chi connectivity index (χ0v) is 19.1. The van der Waals surface area contributed by atoms with Gasteiger partial charge >= 0.3 is 0 Å². The average molecular weight is 436 g/mol. The summed E-state index contributed by atoms with van der Waals surface area (Å²) in [5.74, 6) is 0.561. The minimum absolute atomic E-state index is 0.0321. The molecule has 1 saturated carbocycles. The Labute approximate surface area is 189 Å². The summed E-state index contributed by atoms with van der Waals surface area (Å²) in [6.07, 6.45) is 7.20. The molecule has 1 amide bonds. The largest absolute Gasteiger partial charge is 0.343 e. The number of rotatable bonds is 5. The third-order valence-electron chi connectivity index (χ3n) is 4.99. The van der Waals surface area contributed by atoms with Crippen molar-refractivity contribution in [3.05, 3.63) is 73.8 Å². The molecule has 1 aromatic heterocycles. The standard InChI is InChI=1S/C19H18N4O.C4H6FN.C2H6/c1-4-5-11(2)22-18-15-8-13(6-7-16(15)20-10-21-18)23-17-9-14(17)12(3)19(23)24;1-3-4(5)6-2;1-2/h4-8,10,14,17H,1,3,9H2,2H3,(H,20,21,22);3H,1H2,2H3;1-2H3/b11-5+;;. The monoisotopic (exact) mass is 435 g/mol. The topological polar surface area (TPSA) is 70.5 Å². The number of hydrogen-bond acceptors (Lipinski definition) is 5. The van der Waals surface area contributed by atoms with E-state index in [0.29, 0.717) is 5.92 Å². The molecule has 0 radical (unpaired) electrons. The zero-order chi connectivity index (χ0) is 23.8. The molecule has 2 atom stereocenters. The van der Waals surface area contributed by atoms with Crippen molar-refractivity contribution in [2.75, 3.05) is 17.3 Å². The molecular formula is C25H30FN5O. The molecule has 6 nitrogen and oxygen atoms in total. The minimum Gasteiger partial charge on any atom is -0.343 e. The smallest absolute Gasteiger partial charge is 0.254 e. The fourth-order valence-electron chi connectivity index (χ4n) is 3.40. The first-order valence-corrected chi connectivity index (χ1v) is 10.5. The van der Waals surface area contributed by atoms with Crippen LogP contribution in [-0.2, 0) is 4.79 Å². The van der Waals surface area contributed by atoms with Crippen molar-refractivity contribution in [1.29, 1.82) is 0 Å². The highest BCUT2D eigenvalue weighted by Crippen LogP contribution is 2.50. The Balaban J connectivity index is 0.000000396. The van der Waals surface area contributed by atoms with E-state index < -0.39 is 5.97 Å². The van der Waals surface area contributed by atoms with E-state index in [0.717, 1.165) is 46.2 Å². The number of fused-ring (bicyclic) bond motifs is 2. The van der Waals surface area contributed by atoms with Crippen LogP contribution >= 0.6 is 0 Å². The number of allylic oxidation sites excluding steroid dienone is 4. The van der Waals surface area contributed by atoms with Crippen LogP contribution in [-0.4, -0.2) is 34.9 Å². The molecule has 2 aromatic rings. The van der Waals surface area contributed by atoms with E-state index in [1.54, 1.807) is 6.08 Å². The SMILES string of the molecule is C=C/C=C(\C)Nc1ncnc2ccc(N3C(=O)C(=C)C4CC43)cc12.C=CC(F)=NC.CC. The predicted molar refractivity (Wildman–Crippen MR) is 132 cm³/mol. The summed E-state index contributed by atoms with van der Waals surface area (Å²) in [7, 11) is 1.37. The zero-order valence-electron chi connectivity index (χ0n) is 19.1. The van der Waals surface area contributed by atoms with Crippen molar-refractivity contribution in [2.45, 2.75) is 33.2 Å². The molecule has 1 aliphatic heterocycles. The Morgan fingerprint density at radius 2 is 2.03 bits per heavy atom. The lowest BCUT2D eigenvalue weighted by molar-refractivity contribution is -0.114. The number of anilines is 2. The summed E-state index contributed by atoms with van der Waals surface area (Å²) in [6.45, 7) is 16.7. The number of nitrogens with zero attached hydrogens (tertiary/aromatic N) is 4. The van der Waals surface area contributed by atoms with Gasteiger partial charge in [-0.1, -0.05) is 39.7 Å². The first-order valence-electron chi connectivity index (χ1n) is 10.5. The summed E-state index contributed by atoms with van der Waals surface area (Å²) >= 11 is 0. The van der Waals surface area contributed by atoms with E-state index in [4.69, 9.17) is 0 Å². The van der Waals surface area contributed by atoms with Gasteiger partial charge in [0.2, 0.25) is 5.97 Å². The Kier molecular flexibility index (Phi) is 8.58. The van der Waals surface area contributed by atoms with Crippen LogP contribution in [0.3, 0.4) is 0 Å². The van der Waals surface area contributed by atoms with Gasteiger partial charge in [0.1, 0.15) is 12.1 Å². The van der Waals surface area contributed by atoms with Crippen LogP contribution in [0.1, 0.15) is 27.2 Å². The highest BCUT2D eigenvalue weighted by molar-refractivity contribution is 6.11. The molecule has 1 N–H and O–H groups in total. The van der Waals surface area contributed by atoms with Crippen LogP contribution in [0, 0.1) is 5.92 Å². The van der Waals surface area contributed by atoms with E-state index in [2.05, 4.69) is 40.0 Å². The van der Waals surface area contributed by atoms with Gasteiger partial charge in [0.05, 0.1) is 5.52 Å². The number of nitrogens with one attached hydrogen (secondary N) is 1. The van der Waals surface area contributed by atoms with E-state index in [-0.39, 0.29) is 11.9 Å². The summed E-state index contributed by atoms with van der Waals surface area (Å²) in [4.78, 5) is 26.0. The molecule has 168 valence electrons. The first kappa shape index (κ1) is 24.7. The summed E-state index contributed by atoms with van der Waals surface area (Å²) in [6, 6.07) is 6.11. The van der Waals surface area contributed by atoms with Crippen LogP contribution in [0.5, 0.6) is 0 Å². The first-order chi connectivity index (χ1) is 15.4. The van der Waals surface area contributed by atoms with Gasteiger partial charge in [-0.2, -0.15) is 4.39 Å². The van der Waals surface area contributed by atoms with Crippen molar-refractivity contribution in [3.8, 4) is 0 Å². The lowest BCUT2D eigenvalue weighted by Gasteiger charge is -2.19. The lowest BCUT2D eigenvalue weighted by Crippen LogP contribution is -2.28. The molecule has 2 fully saturated rings. The van der Waals surface area contributed by atoms with Crippen LogP contribution in [0.25, 0.3) is 10.9 Å². The van der Waals surface area contributed by atoms with Crippen molar-refractivity contribution < 1.29 is 9.18 Å². The fraction of sp³-hybridized carbons (Fsp3) is 0.280. The summed E-state index contributed by atoms with van der Waals surface area (Å²) < 4.78 is 11.5. The average Bonchev–Trinajstić information content (AvgIpc) is 3.55. The lowest BCUT2D eigenvalue weighted by atomic mass is 10.1. The maximum absolute atomic E-state index is 12.4. The number of aromatic nitrogens is 2. The minimum atomic E-state index is -0.519. The van der Waals surface area contributed by atoms with Crippen LogP contribution < -0.4 is 10.2 Å². The van der Waals surface area contributed by atoms with Crippen molar-refractivity contribution in [3.63, 3.8) is 0 Å². The van der Waals surface area contributed by atoms with Crippen molar-refractivity contribution >= 4 is 34.3 Å². The third-order valence-corrected chi connectivity index (χ3v) is 4.99.